The predicted molar refractivity (Wildman–Crippen MR) is 77.3 cm³/mol. The molecule has 0 radical (unpaired) electrons. The number of amides is 1. The fourth-order valence-electron chi connectivity index (χ4n) is 1.77. The van der Waals surface area contributed by atoms with Gasteiger partial charge in [-0.3, -0.25) is 4.79 Å². The predicted octanol–water partition coefficient (Wildman–Crippen LogP) is 1.24. The molecule has 6 nitrogen and oxygen atoms in total. The topological polar surface area (TPSA) is 95.1 Å². The summed E-state index contributed by atoms with van der Waals surface area (Å²) in [4.78, 5) is 29.6. The lowest BCUT2D eigenvalue weighted by atomic mass is 10.1. The van der Waals surface area contributed by atoms with Crippen LogP contribution in [0.5, 0.6) is 0 Å². The molecular weight excluding hydrogens is 270 g/mol. The highest BCUT2D eigenvalue weighted by atomic mass is 16.4. The van der Waals surface area contributed by atoms with Gasteiger partial charge in [-0.1, -0.05) is 30.3 Å². The first-order chi connectivity index (χ1) is 10.1. The molecule has 0 aliphatic carbocycles. The van der Waals surface area contributed by atoms with E-state index < -0.39 is 17.9 Å². The third kappa shape index (κ3) is 4.61. The van der Waals surface area contributed by atoms with Crippen molar-refractivity contribution in [2.45, 2.75) is 12.5 Å². The fourth-order valence-corrected chi connectivity index (χ4v) is 1.77. The molecule has 6 heteroatoms. The number of aromatic nitrogens is 2. The van der Waals surface area contributed by atoms with Gasteiger partial charge >= 0.3 is 5.97 Å². The second-order valence-corrected chi connectivity index (χ2v) is 4.42. The van der Waals surface area contributed by atoms with Crippen molar-refractivity contribution in [2.24, 2.45) is 0 Å². The van der Waals surface area contributed by atoms with E-state index in [-0.39, 0.29) is 6.42 Å². The van der Waals surface area contributed by atoms with E-state index in [1.54, 1.807) is 6.08 Å². The molecule has 21 heavy (non-hydrogen) atoms. The molecule has 108 valence electrons. The highest BCUT2D eigenvalue weighted by Crippen LogP contribution is 2.02. The highest BCUT2D eigenvalue weighted by molar-refractivity contribution is 5.94. The lowest BCUT2D eigenvalue weighted by molar-refractivity contribution is -0.141. The number of H-pyrrole nitrogens is 1. The summed E-state index contributed by atoms with van der Waals surface area (Å²) in [5.41, 5.74) is 1.52. The molecule has 0 bridgehead atoms. The van der Waals surface area contributed by atoms with Crippen molar-refractivity contribution >= 4 is 18.0 Å². The van der Waals surface area contributed by atoms with Crippen LogP contribution in [0.25, 0.3) is 6.08 Å². The van der Waals surface area contributed by atoms with Crippen LogP contribution in [-0.4, -0.2) is 33.0 Å². The van der Waals surface area contributed by atoms with Gasteiger partial charge < -0.3 is 15.4 Å². The molecule has 1 aromatic carbocycles. The molecule has 2 aromatic rings. The minimum absolute atomic E-state index is 0.153. The van der Waals surface area contributed by atoms with Crippen molar-refractivity contribution in [3.05, 3.63) is 60.2 Å². The van der Waals surface area contributed by atoms with Crippen LogP contribution in [-0.2, 0) is 16.0 Å². The van der Waals surface area contributed by atoms with E-state index in [1.165, 1.54) is 18.6 Å². The first-order valence-electron chi connectivity index (χ1n) is 6.39. The van der Waals surface area contributed by atoms with E-state index in [0.717, 1.165) is 5.56 Å². The summed E-state index contributed by atoms with van der Waals surface area (Å²) in [7, 11) is 0. The van der Waals surface area contributed by atoms with Crippen molar-refractivity contribution in [1.29, 1.82) is 0 Å². The lowest BCUT2D eigenvalue weighted by Crippen LogP contribution is -2.41. The van der Waals surface area contributed by atoms with Crippen LogP contribution in [0, 0.1) is 0 Å². The van der Waals surface area contributed by atoms with Crippen LogP contribution in [0.1, 0.15) is 11.3 Å². The van der Waals surface area contributed by atoms with Gasteiger partial charge in [0.25, 0.3) is 0 Å². The SMILES string of the molecule is O=C(C=Cc1ccccc1)N[C@@H](Cc1cnc[nH]1)C(=O)O. The summed E-state index contributed by atoms with van der Waals surface area (Å²) >= 11 is 0. The standard InChI is InChI=1S/C15H15N3O3/c19-14(7-6-11-4-2-1-3-5-11)18-13(15(20)21)8-12-9-16-10-17-12/h1-7,9-10,13H,8H2,(H,16,17)(H,18,19)(H,20,21)/t13-/m0/s1. The molecule has 0 saturated heterocycles. The van der Waals surface area contributed by atoms with Gasteiger partial charge in [-0.25, -0.2) is 9.78 Å². The first kappa shape index (κ1) is 14.5. The Kier molecular flexibility index (Phi) is 4.87. The number of benzene rings is 1. The van der Waals surface area contributed by atoms with Crippen molar-refractivity contribution in [3.8, 4) is 0 Å². The summed E-state index contributed by atoms with van der Waals surface area (Å²) in [6, 6.07) is 8.29. The normalized spacial score (nSPS) is 12.2. The van der Waals surface area contributed by atoms with Crippen molar-refractivity contribution in [3.63, 3.8) is 0 Å². The number of nitrogens with zero attached hydrogens (tertiary/aromatic N) is 1. The second kappa shape index (κ2) is 7.04. The number of hydrogen-bond acceptors (Lipinski definition) is 3. The third-order valence-corrected chi connectivity index (χ3v) is 2.82. The number of imidazole rings is 1. The molecule has 2 rings (SSSR count). The van der Waals surface area contributed by atoms with E-state index in [4.69, 9.17) is 5.11 Å². The summed E-state index contributed by atoms with van der Waals surface area (Å²) in [6.45, 7) is 0. The molecule has 1 amide bonds. The largest absolute Gasteiger partial charge is 0.480 e. The minimum Gasteiger partial charge on any atom is -0.480 e. The average molecular weight is 285 g/mol. The summed E-state index contributed by atoms with van der Waals surface area (Å²) in [5, 5.41) is 11.6. The molecule has 1 atom stereocenters. The van der Waals surface area contributed by atoms with Crippen molar-refractivity contribution < 1.29 is 14.7 Å². The van der Waals surface area contributed by atoms with Gasteiger partial charge in [-0.2, -0.15) is 0 Å². The Morgan fingerprint density at radius 3 is 2.71 bits per heavy atom. The van der Waals surface area contributed by atoms with Gasteiger partial charge in [0.15, 0.2) is 0 Å². The highest BCUT2D eigenvalue weighted by Gasteiger charge is 2.19. The molecule has 1 heterocycles. The Labute approximate surface area is 121 Å². The monoisotopic (exact) mass is 285 g/mol. The van der Waals surface area contributed by atoms with Crippen molar-refractivity contribution in [1.82, 2.24) is 15.3 Å². The van der Waals surface area contributed by atoms with E-state index in [2.05, 4.69) is 15.3 Å². The van der Waals surface area contributed by atoms with Gasteiger partial charge in [0, 0.05) is 24.4 Å². The number of aliphatic carboxylic acids is 1. The number of carbonyl (C=O) groups excluding carboxylic acids is 1. The Morgan fingerprint density at radius 2 is 2.10 bits per heavy atom. The van der Waals surface area contributed by atoms with Crippen LogP contribution in [0.3, 0.4) is 0 Å². The second-order valence-electron chi connectivity index (χ2n) is 4.42. The number of carbonyl (C=O) groups is 2. The zero-order valence-electron chi connectivity index (χ0n) is 11.2. The Bertz CT molecular complexity index is 621. The summed E-state index contributed by atoms with van der Waals surface area (Å²) in [6.07, 6.45) is 6.09. The smallest absolute Gasteiger partial charge is 0.326 e. The van der Waals surface area contributed by atoms with E-state index >= 15 is 0 Å². The quantitative estimate of drug-likeness (QED) is 0.696. The van der Waals surface area contributed by atoms with E-state index in [9.17, 15) is 9.59 Å². The molecule has 3 N–H and O–H groups in total. The van der Waals surface area contributed by atoms with Gasteiger partial charge in [0.1, 0.15) is 6.04 Å². The number of carboxylic acid groups (broad SMARTS) is 1. The number of hydrogen-bond donors (Lipinski definition) is 3. The number of rotatable bonds is 6. The van der Waals surface area contributed by atoms with Crippen LogP contribution in [0.2, 0.25) is 0 Å². The molecule has 0 aliphatic heterocycles. The lowest BCUT2D eigenvalue weighted by Gasteiger charge is -2.11. The van der Waals surface area contributed by atoms with E-state index in [1.807, 2.05) is 30.3 Å². The third-order valence-electron chi connectivity index (χ3n) is 2.82. The summed E-state index contributed by atoms with van der Waals surface area (Å²) < 4.78 is 0. The van der Waals surface area contributed by atoms with Crippen LogP contribution < -0.4 is 5.32 Å². The van der Waals surface area contributed by atoms with Crippen LogP contribution in [0.4, 0.5) is 0 Å². The summed E-state index contributed by atoms with van der Waals surface area (Å²) in [5.74, 6) is -1.54. The molecule has 0 saturated carbocycles. The number of aromatic amines is 1. The fraction of sp³-hybridized carbons (Fsp3) is 0.133. The molecule has 1 aromatic heterocycles. The van der Waals surface area contributed by atoms with Gasteiger partial charge in [-0.05, 0) is 11.6 Å². The van der Waals surface area contributed by atoms with Gasteiger partial charge in [-0.15, -0.1) is 0 Å². The maximum Gasteiger partial charge on any atom is 0.326 e. The van der Waals surface area contributed by atoms with Crippen LogP contribution >= 0.6 is 0 Å². The zero-order valence-corrected chi connectivity index (χ0v) is 11.2. The first-order valence-corrected chi connectivity index (χ1v) is 6.39. The zero-order chi connectivity index (χ0) is 15.1. The molecule has 0 unspecified atom stereocenters. The van der Waals surface area contributed by atoms with Gasteiger partial charge in [0.05, 0.1) is 6.33 Å². The minimum atomic E-state index is -1.09. The molecule has 0 aliphatic rings. The Balaban J connectivity index is 1.95. The van der Waals surface area contributed by atoms with E-state index in [0.29, 0.717) is 5.69 Å². The molecular formula is C15H15N3O3. The maximum absolute atomic E-state index is 11.8. The number of nitrogens with one attached hydrogen (secondary N) is 2. The molecule has 0 spiro atoms. The maximum atomic E-state index is 11.8. The average Bonchev–Trinajstić information content (AvgIpc) is 2.98. The number of carboxylic acids is 1. The Hall–Kier alpha value is -2.89. The Morgan fingerprint density at radius 1 is 1.33 bits per heavy atom. The van der Waals surface area contributed by atoms with Gasteiger partial charge in [0.2, 0.25) is 5.91 Å². The molecule has 0 fully saturated rings. The van der Waals surface area contributed by atoms with Crippen LogP contribution in [0.15, 0.2) is 48.9 Å². The van der Waals surface area contributed by atoms with Crippen molar-refractivity contribution in [2.75, 3.05) is 0 Å².